The minimum Gasteiger partial charge on any atom is -0.490 e. The summed E-state index contributed by atoms with van der Waals surface area (Å²) < 4.78 is 27.6. The second kappa shape index (κ2) is 10.7. The molecular weight excluding hydrogens is 363 g/mol. The molecule has 0 heterocycles. The van der Waals surface area contributed by atoms with Gasteiger partial charge in [-0.15, -0.1) is 12.4 Å². The van der Waals surface area contributed by atoms with Gasteiger partial charge in [-0.1, -0.05) is 11.6 Å². The number of sulfone groups is 1. The van der Waals surface area contributed by atoms with Crippen LogP contribution in [0.2, 0.25) is 5.02 Å². The Labute approximate surface area is 148 Å². The van der Waals surface area contributed by atoms with E-state index in [1.54, 1.807) is 18.2 Å². The van der Waals surface area contributed by atoms with Gasteiger partial charge in [-0.3, -0.25) is 4.79 Å². The molecule has 132 valence electrons. The maximum atomic E-state index is 11.9. The van der Waals surface area contributed by atoms with E-state index >= 15 is 0 Å². The third kappa shape index (κ3) is 9.65. The van der Waals surface area contributed by atoms with Gasteiger partial charge in [-0.05, 0) is 38.2 Å². The summed E-state index contributed by atoms with van der Waals surface area (Å²) in [6.45, 7) is 0.768. The smallest absolute Gasteiger partial charge is 0.224 e. The van der Waals surface area contributed by atoms with Crippen molar-refractivity contribution in [3.05, 3.63) is 23.2 Å². The topological polar surface area (TPSA) is 84.5 Å². The average Bonchev–Trinajstić information content (AvgIpc) is 2.40. The van der Waals surface area contributed by atoms with E-state index in [1.807, 2.05) is 7.05 Å². The number of hydrogen-bond donors (Lipinski definition) is 2. The van der Waals surface area contributed by atoms with Gasteiger partial charge in [0.15, 0.2) is 9.84 Å². The van der Waals surface area contributed by atoms with Crippen molar-refractivity contribution in [1.29, 1.82) is 0 Å². The highest BCUT2D eigenvalue weighted by atomic mass is 35.5. The zero-order chi connectivity index (χ0) is 16.6. The van der Waals surface area contributed by atoms with Crippen LogP contribution in [0.15, 0.2) is 18.2 Å². The van der Waals surface area contributed by atoms with Gasteiger partial charge >= 0.3 is 0 Å². The van der Waals surface area contributed by atoms with Crippen molar-refractivity contribution in [2.24, 2.45) is 0 Å². The molecule has 0 bridgehead atoms. The van der Waals surface area contributed by atoms with Crippen molar-refractivity contribution in [2.45, 2.75) is 12.8 Å². The number of carbonyl (C=O) groups excluding carboxylic acids is 1. The van der Waals surface area contributed by atoms with E-state index < -0.39 is 9.84 Å². The number of ether oxygens (including phenoxy) is 1. The number of carbonyl (C=O) groups is 1. The fourth-order valence-corrected chi connectivity index (χ4v) is 2.23. The third-order valence-corrected chi connectivity index (χ3v) is 3.90. The molecule has 23 heavy (non-hydrogen) atoms. The van der Waals surface area contributed by atoms with Crippen molar-refractivity contribution in [2.75, 3.05) is 37.5 Å². The monoisotopic (exact) mass is 384 g/mol. The molecule has 0 unspecified atom stereocenters. The van der Waals surface area contributed by atoms with Crippen LogP contribution in [0.5, 0.6) is 5.75 Å². The van der Waals surface area contributed by atoms with Gasteiger partial charge in [0.05, 0.1) is 11.4 Å². The molecule has 0 spiro atoms. The number of rotatable bonds is 9. The molecule has 1 aromatic carbocycles. The van der Waals surface area contributed by atoms with E-state index in [0.29, 0.717) is 29.3 Å². The molecule has 0 atom stereocenters. The lowest BCUT2D eigenvalue weighted by atomic mass is 10.2. The summed E-state index contributed by atoms with van der Waals surface area (Å²) in [4.78, 5) is 11.9. The van der Waals surface area contributed by atoms with Crippen LogP contribution in [-0.4, -0.2) is 46.5 Å². The van der Waals surface area contributed by atoms with Crippen molar-refractivity contribution in [3.63, 3.8) is 0 Å². The number of benzene rings is 1. The normalized spacial score (nSPS) is 10.7. The fraction of sp³-hybridized carbons (Fsp3) is 0.500. The Balaban J connectivity index is 0.00000484. The highest BCUT2D eigenvalue weighted by Gasteiger charge is 2.10. The van der Waals surface area contributed by atoms with Gasteiger partial charge in [0, 0.05) is 17.7 Å². The minimum atomic E-state index is -3.10. The van der Waals surface area contributed by atoms with Crippen LogP contribution in [0.3, 0.4) is 0 Å². The summed E-state index contributed by atoms with van der Waals surface area (Å²) in [7, 11) is -1.28. The Morgan fingerprint density at radius 2 is 2.04 bits per heavy atom. The van der Waals surface area contributed by atoms with Gasteiger partial charge < -0.3 is 15.4 Å². The van der Waals surface area contributed by atoms with Crippen molar-refractivity contribution >= 4 is 45.4 Å². The zero-order valence-electron chi connectivity index (χ0n) is 13.1. The van der Waals surface area contributed by atoms with E-state index in [0.717, 1.165) is 12.8 Å². The highest BCUT2D eigenvalue weighted by molar-refractivity contribution is 7.90. The second-order valence-electron chi connectivity index (χ2n) is 4.87. The van der Waals surface area contributed by atoms with E-state index in [9.17, 15) is 13.2 Å². The van der Waals surface area contributed by atoms with E-state index in [2.05, 4.69) is 10.6 Å². The SMILES string of the molecule is CNCCCC(=O)Nc1cc(Cl)ccc1OCCS(C)(=O)=O.Cl. The number of anilines is 1. The highest BCUT2D eigenvalue weighted by Crippen LogP contribution is 2.28. The third-order valence-electron chi connectivity index (χ3n) is 2.76. The summed E-state index contributed by atoms with van der Waals surface area (Å²) in [6, 6.07) is 4.80. The predicted molar refractivity (Wildman–Crippen MR) is 95.7 cm³/mol. The quantitative estimate of drug-likeness (QED) is 0.637. The first-order chi connectivity index (χ1) is 10.3. The first-order valence-corrected chi connectivity index (χ1v) is 9.30. The fourth-order valence-electron chi connectivity index (χ4n) is 1.67. The Kier molecular flexibility index (Phi) is 10.2. The number of nitrogens with one attached hydrogen (secondary N) is 2. The summed E-state index contributed by atoms with van der Waals surface area (Å²) >= 11 is 5.92. The minimum absolute atomic E-state index is 0. The Morgan fingerprint density at radius 1 is 1.35 bits per heavy atom. The van der Waals surface area contributed by atoms with E-state index in [1.165, 1.54) is 0 Å². The molecule has 0 aliphatic carbocycles. The Morgan fingerprint density at radius 3 is 2.65 bits per heavy atom. The van der Waals surface area contributed by atoms with Crippen LogP contribution >= 0.6 is 24.0 Å². The first kappa shape index (κ1) is 22.0. The van der Waals surface area contributed by atoms with Crippen LogP contribution in [0.25, 0.3) is 0 Å². The second-order valence-corrected chi connectivity index (χ2v) is 7.57. The number of hydrogen-bond acceptors (Lipinski definition) is 5. The van der Waals surface area contributed by atoms with Gasteiger partial charge in [0.25, 0.3) is 0 Å². The van der Waals surface area contributed by atoms with Crippen molar-refractivity contribution in [1.82, 2.24) is 5.32 Å². The van der Waals surface area contributed by atoms with E-state index in [4.69, 9.17) is 16.3 Å². The van der Waals surface area contributed by atoms with Gasteiger partial charge in [-0.2, -0.15) is 0 Å². The molecule has 6 nitrogen and oxygen atoms in total. The van der Waals surface area contributed by atoms with Gasteiger partial charge in [-0.25, -0.2) is 8.42 Å². The lowest BCUT2D eigenvalue weighted by Crippen LogP contribution is -2.17. The molecule has 1 rings (SSSR count). The Bertz CT molecular complexity index is 609. The molecular formula is C14H22Cl2N2O4S. The van der Waals surface area contributed by atoms with Crippen LogP contribution in [0, 0.1) is 0 Å². The summed E-state index contributed by atoms with van der Waals surface area (Å²) in [5, 5.41) is 6.16. The molecule has 0 aromatic heterocycles. The molecule has 0 fully saturated rings. The number of amides is 1. The molecule has 0 saturated carbocycles. The zero-order valence-corrected chi connectivity index (χ0v) is 15.5. The first-order valence-electron chi connectivity index (χ1n) is 6.86. The van der Waals surface area contributed by atoms with Gasteiger partial charge in [0.2, 0.25) is 5.91 Å². The summed E-state index contributed by atoms with van der Waals surface area (Å²) in [5.41, 5.74) is 0.440. The maximum Gasteiger partial charge on any atom is 0.224 e. The molecule has 0 aliphatic heterocycles. The molecule has 0 saturated heterocycles. The van der Waals surface area contributed by atoms with Crippen LogP contribution in [0.4, 0.5) is 5.69 Å². The summed E-state index contributed by atoms with van der Waals surface area (Å²) in [6.07, 6.45) is 2.23. The average molecular weight is 385 g/mol. The van der Waals surface area contributed by atoms with Gasteiger partial charge in [0.1, 0.15) is 12.4 Å². The predicted octanol–water partition coefficient (Wildman–Crippen LogP) is 2.12. The molecule has 0 aliphatic rings. The summed E-state index contributed by atoms with van der Waals surface area (Å²) in [5.74, 6) is 0.158. The van der Waals surface area contributed by atoms with Crippen LogP contribution in [0.1, 0.15) is 12.8 Å². The molecule has 1 aromatic rings. The lowest BCUT2D eigenvalue weighted by molar-refractivity contribution is -0.116. The molecule has 0 radical (unpaired) electrons. The molecule has 2 N–H and O–H groups in total. The maximum absolute atomic E-state index is 11.9. The molecule has 9 heteroatoms. The molecule has 1 amide bonds. The van der Waals surface area contributed by atoms with E-state index in [-0.39, 0.29) is 30.7 Å². The van der Waals surface area contributed by atoms with Crippen LogP contribution < -0.4 is 15.4 Å². The van der Waals surface area contributed by atoms with Crippen LogP contribution in [-0.2, 0) is 14.6 Å². The van der Waals surface area contributed by atoms with Crippen molar-refractivity contribution in [3.8, 4) is 5.75 Å². The largest absolute Gasteiger partial charge is 0.490 e. The number of halogens is 2. The lowest BCUT2D eigenvalue weighted by Gasteiger charge is -2.13. The van der Waals surface area contributed by atoms with Crippen molar-refractivity contribution < 1.29 is 17.9 Å². The Hall–Kier alpha value is -1.02. The standard InChI is InChI=1S/C14H21ClN2O4S.ClH/c1-16-7-3-4-14(18)17-12-10-11(15)5-6-13(12)21-8-9-22(2,19)20;/h5-6,10,16H,3-4,7-9H2,1-2H3,(H,17,18);1H.